The number of nitrogens with zero attached hydrogens (tertiary/aromatic N) is 1. The molecule has 0 aromatic heterocycles. The molecule has 7 heteroatoms. The van der Waals surface area contributed by atoms with Gasteiger partial charge >= 0.3 is 5.97 Å². The minimum absolute atomic E-state index is 0.195. The maximum absolute atomic E-state index is 12.4. The summed E-state index contributed by atoms with van der Waals surface area (Å²) < 4.78 is 15.5. The van der Waals surface area contributed by atoms with Crippen LogP contribution in [0.1, 0.15) is 49.4 Å². The number of rotatable bonds is 6. The number of nitrogens with one attached hydrogen (secondary N) is 1. The van der Waals surface area contributed by atoms with Crippen LogP contribution in [-0.2, 0) is 9.53 Å². The van der Waals surface area contributed by atoms with Gasteiger partial charge in [0.25, 0.3) is 5.91 Å². The Labute approximate surface area is 153 Å². The Morgan fingerprint density at radius 3 is 2.46 bits per heavy atom. The lowest BCUT2D eigenvalue weighted by molar-refractivity contribution is -0.130. The van der Waals surface area contributed by atoms with E-state index in [-0.39, 0.29) is 5.56 Å². The third kappa shape index (κ3) is 4.45. The molecule has 1 N–H and O–H groups in total. The Bertz CT molecular complexity index is 704. The third-order valence-corrected chi connectivity index (χ3v) is 4.57. The third-order valence-electron chi connectivity index (χ3n) is 4.57. The lowest BCUT2D eigenvalue weighted by Crippen LogP contribution is -2.52. The standard InChI is InChI=1S/C19H24N2O5/c1-13(17(22)21-19(12-20)9-5-4-6-10-19)26-18(23)15-8-7-14(24-2)11-16(15)25-3/h7-8,11,13H,4-6,9-10H2,1-3H3,(H,21,22)/t13-/m1/s1. The number of hydrogen-bond donors (Lipinski definition) is 1. The Morgan fingerprint density at radius 2 is 1.88 bits per heavy atom. The smallest absolute Gasteiger partial charge is 0.342 e. The molecule has 0 bridgehead atoms. The minimum Gasteiger partial charge on any atom is -0.497 e. The summed E-state index contributed by atoms with van der Waals surface area (Å²) in [6, 6.07) is 6.90. The zero-order valence-corrected chi connectivity index (χ0v) is 15.3. The fourth-order valence-corrected chi connectivity index (χ4v) is 3.00. The summed E-state index contributed by atoms with van der Waals surface area (Å²) in [7, 11) is 2.94. The second kappa shape index (κ2) is 8.56. The van der Waals surface area contributed by atoms with Gasteiger partial charge in [-0.2, -0.15) is 5.26 Å². The Morgan fingerprint density at radius 1 is 1.19 bits per heavy atom. The van der Waals surface area contributed by atoms with Crippen LogP contribution in [0.5, 0.6) is 11.5 Å². The number of amides is 1. The summed E-state index contributed by atoms with van der Waals surface area (Å²) >= 11 is 0. The minimum atomic E-state index is -1.03. The van der Waals surface area contributed by atoms with Crippen LogP contribution in [0.2, 0.25) is 0 Å². The highest BCUT2D eigenvalue weighted by atomic mass is 16.5. The highest BCUT2D eigenvalue weighted by Crippen LogP contribution is 2.28. The van der Waals surface area contributed by atoms with Crippen LogP contribution in [0, 0.1) is 11.3 Å². The number of hydrogen-bond acceptors (Lipinski definition) is 6. The molecule has 1 saturated carbocycles. The molecule has 1 amide bonds. The van der Waals surface area contributed by atoms with Gasteiger partial charge in [0.05, 0.1) is 20.3 Å². The molecule has 1 aliphatic carbocycles. The van der Waals surface area contributed by atoms with Crippen LogP contribution in [0.4, 0.5) is 0 Å². The second-order valence-corrected chi connectivity index (χ2v) is 6.36. The summed E-state index contributed by atoms with van der Waals surface area (Å²) in [5.41, 5.74) is -0.672. The first-order chi connectivity index (χ1) is 12.4. The normalized spacial score (nSPS) is 16.7. The number of carbonyl (C=O) groups excluding carboxylic acids is 2. The molecule has 140 valence electrons. The van der Waals surface area contributed by atoms with E-state index in [2.05, 4.69) is 11.4 Å². The van der Waals surface area contributed by atoms with E-state index in [1.165, 1.54) is 27.2 Å². The zero-order chi connectivity index (χ0) is 19.2. The van der Waals surface area contributed by atoms with Gasteiger partial charge in [0, 0.05) is 6.07 Å². The van der Waals surface area contributed by atoms with Crippen LogP contribution < -0.4 is 14.8 Å². The van der Waals surface area contributed by atoms with E-state index in [0.29, 0.717) is 24.3 Å². The van der Waals surface area contributed by atoms with Crippen molar-refractivity contribution >= 4 is 11.9 Å². The molecule has 0 radical (unpaired) electrons. The Balaban J connectivity index is 2.04. The molecule has 0 spiro atoms. The van der Waals surface area contributed by atoms with Crippen LogP contribution >= 0.6 is 0 Å². The molecule has 26 heavy (non-hydrogen) atoms. The predicted molar refractivity (Wildman–Crippen MR) is 94.0 cm³/mol. The number of carbonyl (C=O) groups is 2. The van der Waals surface area contributed by atoms with Gasteiger partial charge in [0.1, 0.15) is 22.6 Å². The van der Waals surface area contributed by atoms with Crippen molar-refractivity contribution in [3.63, 3.8) is 0 Å². The highest BCUT2D eigenvalue weighted by molar-refractivity contribution is 5.95. The van der Waals surface area contributed by atoms with E-state index >= 15 is 0 Å². The summed E-state index contributed by atoms with van der Waals surface area (Å²) in [6.45, 7) is 1.48. The van der Waals surface area contributed by atoms with E-state index in [0.717, 1.165) is 19.3 Å². The van der Waals surface area contributed by atoms with Crippen LogP contribution in [-0.4, -0.2) is 37.7 Å². The molecule has 1 aliphatic rings. The lowest BCUT2D eigenvalue weighted by Gasteiger charge is -2.32. The highest BCUT2D eigenvalue weighted by Gasteiger charge is 2.35. The SMILES string of the molecule is COc1ccc(C(=O)O[C@H](C)C(=O)NC2(C#N)CCCCC2)c(OC)c1. The monoisotopic (exact) mass is 360 g/mol. The number of esters is 1. The van der Waals surface area contributed by atoms with Crippen LogP contribution in [0.3, 0.4) is 0 Å². The quantitative estimate of drug-likeness (QED) is 0.783. The van der Waals surface area contributed by atoms with Crippen molar-refractivity contribution < 1.29 is 23.8 Å². The fourth-order valence-electron chi connectivity index (χ4n) is 3.00. The van der Waals surface area contributed by atoms with Gasteiger partial charge in [-0.1, -0.05) is 19.3 Å². The molecule has 1 fully saturated rings. The van der Waals surface area contributed by atoms with Gasteiger partial charge in [-0.15, -0.1) is 0 Å². The van der Waals surface area contributed by atoms with Gasteiger partial charge in [0.2, 0.25) is 0 Å². The molecular weight excluding hydrogens is 336 g/mol. The molecule has 7 nitrogen and oxygen atoms in total. The van der Waals surface area contributed by atoms with E-state index in [1.807, 2.05) is 0 Å². The van der Waals surface area contributed by atoms with Gasteiger partial charge in [-0.25, -0.2) is 4.79 Å². The van der Waals surface area contributed by atoms with Crippen molar-refractivity contribution in [1.82, 2.24) is 5.32 Å². The van der Waals surface area contributed by atoms with Crippen molar-refractivity contribution in [3.05, 3.63) is 23.8 Å². The molecule has 0 aliphatic heterocycles. The number of benzene rings is 1. The van der Waals surface area contributed by atoms with Gasteiger partial charge < -0.3 is 19.5 Å². The largest absolute Gasteiger partial charge is 0.497 e. The van der Waals surface area contributed by atoms with Crippen LogP contribution in [0.25, 0.3) is 0 Å². The van der Waals surface area contributed by atoms with Crippen molar-refractivity contribution in [3.8, 4) is 17.6 Å². The van der Waals surface area contributed by atoms with E-state index in [1.54, 1.807) is 12.1 Å². The Hall–Kier alpha value is -2.75. The summed E-state index contributed by atoms with van der Waals surface area (Å²) in [5, 5.41) is 12.2. The van der Waals surface area contributed by atoms with Crippen molar-refractivity contribution in [2.75, 3.05) is 14.2 Å². The number of nitriles is 1. The van der Waals surface area contributed by atoms with Gasteiger partial charge in [-0.3, -0.25) is 4.79 Å². The summed E-state index contributed by atoms with van der Waals surface area (Å²) in [4.78, 5) is 24.8. The van der Waals surface area contributed by atoms with Crippen LogP contribution in [0.15, 0.2) is 18.2 Å². The zero-order valence-electron chi connectivity index (χ0n) is 15.3. The van der Waals surface area contributed by atoms with E-state index in [4.69, 9.17) is 14.2 Å². The van der Waals surface area contributed by atoms with E-state index in [9.17, 15) is 14.9 Å². The number of ether oxygens (including phenoxy) is 3. The molecular formula is C19H24N2O5. The fraction of sp³-hybridized carbons (Fsp3) is 0.526. The molecule has 0 heterocycles. The predicted octanol–water partition coefficient (Wildman–Crippen LogP) is 2.59. The first-order valence-electron chi connectivity index (χ1n) is 8.61. The summed E-state index contributed by atoms with van der Waals surface area (Å²) in [6.07, 6.45) is 3.04. The van der Waals surface area contributed by atoms with Crippen molar-refractivity contribution in [2.45, 2.75) is 50.7 Å². The van der Waals surface area contributed by atoms with Gasteiger partial charge in [0.15, 0.2) is 6.10 Å². The maximum atomic E-state index is 12.4. The Kier molecular flexibility index (Phi) is 6.45. The molecule has 0 saturated heterocycles. The molecule has 2 rings (SSSR count). The second-order valence-electron chi connectivity index (χ2n) is 6.36. The topological polar surface area (TPSA) is 97.6 Å². The maximum Gasteiger partial charge on any atom is 0.342 e. The van der Waals surface area contributed by atoms with E-state index < -0.39 is 23.5 Å². The molecule has 1 aromatic rings. The van der Waals surface area contributed by atoms with Crippen molar-refractivity contribution in [2.24, 2.45) is 0 Å². The first-order valence-corrected chi connectivity index (χ1v) is 8.61. The molecule has 0 unspecified atom stereocenters. The molecule has 1 atom stereocenters. The average molecular weight is 360 g/mol. The van der Waals surface area contributed by atoms with Crippen molar-refractivity contribution in [1.29, 1.82) is 5.26 Å². The van der Waals surface area contributed by atoms with Gasteiger partial charge in [-0.05, 0) is 31.9 Å². The first kappa shape index (κ1) is 19.6. The lowest BCUT2D eigenvalue weighted by atomic mass is 9.83. The average Bonchev–Trinajstić information content (AvgIpc) is 2.67. The number of methoxy groups -OCH3 is 2. The molecule has 1 aromatic carbocycles. The summed E-state index contributed by atoms with van der Waals surface area (Å²) in [5.74, 6) is -0.323.